The number of hydrogen-bond acceptors (Lipinski definition) is 3. The second-order valence-electron chi connectivity index (χ2n) is 4.40. The SMILES string of the molecule is CCCNC(CCCCOC)c1ccc(Cl)cn1. The van der Waals surface area contributed by atoms with Gasteiger partial charge in [-0.15, -0.1) is 0 Å². The predicted octanol–water partition coefficient (Wildman–Crippen LogP) is 3.59. The van der Waals surface area contributed by atoms with Crippen molar-refractivity contribution in [1.82, 2.24) is 10.3 Å². The van der Waals surface area contributed by atoms with Gasteiger partial charge in [0.2, 0.25) is 0 Å². The summed E-state index contributed by atoms with van der Waals surface area (Å²) >= 11 is 5.87. The van der Waals surface area contributed by atoms with Crippen LogP contribution in [0.25, 0.3) is 0 Å². The third kappa shape index (κ3) is 5.80. The van der Waals surface area contributed by atoms with E-state index in [9.17, 15) is 0 Å². The van der Waals surface area contributed by atoms with Crippen LogP contribution < -0.4 is 5.32 Å². The van der Waals surface area contributed by atoms with Crippen molar-refractivity contribution in [3.05, 3.63) is 29.0 Å². The van der Waals surface area contributed by atoms with Crippen molar-refractivity contribution < 1.29 is 4.74 Å². The Morgan fingerprint density at radius 1 is 1.39 bits per heavy atom. The highest BCUT2D eigenvalue weighted by Crippen LogP contribution is 2.19. The Morgan fingerprint density at radius 2 is 2.22 bits per heavy atom. The zero-order chi connectivity index (χ0) is 13.2. The van der Waals surface area contributed by atoms with Gasteiger partial charge in [-0.2, -0.15) is 0 Å². The van der Waals surface area contributed by atoms with E-state index in [0.29, 0.717) is 11.1 Å². The van der Waals surface area contributed by atoms with Gasteiger partial charge in [-0.1, -0.05) is 18.5 Å². The van der Waals surface area contributed by atoms with Crippen molar-refractivity contribution >= 4 is 11.6 Å². The van der Waals surface area contributed by atoms with Crippen molar-refractivity contribution in [3.8, 4) is 0 Å². The van der Waals surface area contributed by atoms with Crippen LogP contribution in [0.4, 0.5) is 0 Å². The van der Waals surface area contributed by atoms with Crippen molar-refractivity contribution in [2.24, 2.45) is 0 Å². The smallest absolute Gasteiger partial charge is 0.0589 e. The van der Waals surface area contributed by atoms with Crippen LogP contribution >= 0.6 is 11.6 Å². The molecule has 0 aliphatic carbocycles. The Balaban J connectivity index is 2.51. The lowest BCUT2D eigenvalue weighted by atomic mass is 10.1. The Bertz CT molecular complexity index is 316. The zero-order valence-corrected chi connectivity index (χ0v) is 12.0. The van der Waals surface area contributed by atoms with E-state index in [-0.39, 0.29) is 0 Å². The van der Waals surface area contributed by atoms with Gasteiger partial charge < -0.3 is 10.1 Å². The molecule has 0 amide bonds. The van der Waals surface area contributed by atoms with Crippen molar-refractivity contribution in [2.75, 3.05) is 20.3 Å². The minimum absolute atomic E-state index is 0.319. The molecule has 0 fully saturated rings. The molecule has 0 saturated heterocycles. The first-order chi connectivity index (χ1) is 8.77. The fourth-order valence-electron chi connectivity index (χ4n) is 1.86. The van der Waals surface area contributed by atoms with Gasteiger partial charge in [0.25, 0.3) is 0 Å². The molecule has 1 atom stereocenters. The molecule has 1 N–H and O–H groups in total. The normalized spacial score (nSPS) is 12.6. The molecule has 0 aromatic carbocycles. The molecule has 1 aromatic rings. The van der Waals surface area contributed by atoms with E-state index in [1.807, 2.05) is 12.1 Å². The number of unbranched alkanes of at least 4 members (excludes halogenated alkanes) is 1. The molecule has 1 rings (SSSR count). The van der Waals surface area contributed by atoms with Crippen LogP contribution in [0.15, 0.2) is 18.3 Å². The topological polar surface area (TPSA) is 34.1 Å². The van der Waals surface area contributed by atoms with Gasteiger partial charge in [-0.05, 0) is 44.4 Å². The first kappa shape index (κ1) is 15.4. The Morgan fingerprint density at radius 3 is 2.83 bits per heavy atom. The zero-order valence-electron chi connectivity index (χ0n) is 11.3. The number of rotatable bonds is 9. The molecule has 4 heteroatoms. The van der Waals surface area contributed by atoms with E-state index >= 15 is 0 Å². The minimum atomic E-state index is 0.319. The summed E-state index contributed by atoms with van der Waals surface area (Å²) in [6.45, 7) is 4.01. The van der Waals surface area contributed by atoms with E-state index < -0.39 is 0 Å². The van der Waals surface area contributed by atoms with E-state index in [1.165, 1.54) is 0 Å². The number of nitrogens with zero attached hydrogens (tertiary/aromatic N) is 1. The lowest BCUT2D eigenvalue weighted by Crippen LogP contribution is -2.23. The number of ether oxygens (including phenoxy) is 1. The van der Waals surface area contributed by atoms with Gasteiger partial charge in [0.05, 0.1) is 10.7 Å². The molecule has 0 saturated carbocycles. The highest BCUT2D eigenvalue weighted by molar-refractivity contribution is 6.30. The molecule has 0 bridgehead atoms. The number of halogens is 1. The molecule has 1 aromatic heterocycles. The highest BCUT2D eigenvalue weighted by atomic mass is 35.5. The summed E-state index contributed by atoms with van der Waals surface area (Å²) in [5.74, 6) is 0. The summed E-state index contributed by atoms with van der Waals surface area (Å²) < 4.78 is 5.07. The number of aromatic nitrogens is 1. The maximum Gasteiger partial charge on any atom is 0.0589 e. The second kappa shape index (κ2) is 9.31. The van der Waals surface area contributed by atoms with Gasteiger partial charge in [0.1, 0.15) is 0 Å². The van der Waals surface area contributed by atoms with Gasteiger partial charge in [0, 0.05) is 26.0 Å². The first-order valence-corrected chi connectivity index (χ1v) is 6.99. The van der Waals surface area contributed by atoms with Crippen LogP contribution in [0.5, 0.6) is 0 Å². The van der Waals surface area contributed by atoms with E-state index in [4.69, 9.17) is 16.3 Å². The Kier molecular flexibility index (Phi) is 7.98. The molecular formula is C14H23ClN2O. The van der Waals surface area contributed by atoms with Crippen LogP contribution in [-0.4, -0.2) is 25.2 Å². The van der Waals surface area contributed by atoms with Crippen LogP contribution in [0, 0.1) is 0 Å². The number of hydrogen-bond donors (Lipinski definition) is 1. The average molecular weight is 271 g/mol. The Labute approximate surface area is 115 Å². The van der Waals surface area contributed by atoms with Gasteiger partial charge >= 0.3 is 0 Å². The van der Waals surface area contributed by atoms with Crippen molar-refractivity contribution in [3.63, 3.8) is 0 Å². The van der Waals surface area contributed by atoms with Gasteiger partial charge in [0.15, 0.2) is 0 Å². The summed E-state index contributed by atoms with van der Waals surface area (Å²) in [7, 11) is 1.74. The Hall–Kier alpha value is -0.640. The molecule has 0 spiro atoms. The average Bonchev–Trinajstić information content (AvgIpc) is 2.39. The van der Waals surface area contributed by atoms with Crippen LogP contribution in [0.1, 0.15) is 44.3 Å². The molecule has 18 heavy (non-hydrogen) atoms. The van der Waals surface area contributed by atoms with E-state index in [0.717, 1.165) is 44.5 Å². The summed E-state index contributed by atoms with van der Waals surface area (Å²) in [4.78, 5) is 4.40. The number of methoxy groups -OCH3 is 1. The number of pyridine rings is 1. The second-order valence-corrected chi connectivity index (χ2v) is 4.83. The maximum absolute atomic E-state index is 5.87. The molecule has 1 unspecified atom stereocenters. The summed E-state index contributed by atoms with van der Waals surface area (Å²) in [6, 6.07) is 4.23. The molecule has 102 valence electrons. The summed E-state index contributed by atoms with van der Waals surface area (Å²) in [5, 5.41) is 4.22. The van der Waals surface area contributed by atoms with Gasteiger partial charge in [-0.25, -0.2) is 0 Å². The van der Waals surface area contributed by atoms with Crippen LogP contribution in [0.2, 0.25) is 5.02 Å². The lowest BCUT2D eigenvalue weighted by Gasteiger charge is -2.18. The summed E-state index contributed by atoms with van der Waals surface area (Å²) in [6.07, 6.45) is 6.15. The number of nitrogens with one attached hydrogen (secondary N) is 1. The molecule has 0 aliphatic rings. The van der Waals surface area contributed by atoms with E-state index in [1.54, 1.807) is 13.3 Å². The van der Waals surface area contributed by atoms with E-state index in [2.05, 4.69) is 17.2 Å². The molecular weight excluding hydrogens is 248 g/mol. The fourth-order valence-corrected chi connectivity index (χ4v) is 1.97. The summed E-state index contributed by atoms with van der Waals surface area (Å²) in [5.41, 5.74) is 1.07. The predicted molar refractivity (Wildman–Crippen MR) is 76.0 cm³/mol. The van der Waals surface area contributed by atoms with Crippen molar-refractivity contribution in [1.29, 1.82) is 0 Å². The largest absolute Gasteiger partial charge is 0.385 e. The standard InChI is InChI=1S/C14H23ClN2O/c1-3-9-16-13(6-4-5-10-18-2)14-8-7-12(15)11-17-14/h7-8,11,13,16H,3-6,9-10H2,1-2H3. The third-order valence-corrected chi connectivity index (χ3v) is 3.06. The first-order valence-electron chi connectivity index (χ1n) is 6.61. The third-order valence-electron chi connectivity index (χ3n) is 2.84. The minimum Gasteiger partial charge on any atom is -0.385 e. The van der Waals surface area contributed by atoms with Crippen molar-refractivity contribution in [2.45, 2.75) is 38.6 Å². The molecule has 3 nitrogen and oxygen atoms in total. The van der Waals surface area contributed by atoms with Crippen LogP contribution in [-0.2, 0) is 4.74 Å². The fraction of sp³-hybridized carbons (Fsp3) is 0.643. The molecule has 0 aliphatic heterocycles. The monoisotopic (exact) mass is 270 g/mol. The maximum atomic E-state index is 5.87. The lowest BCUT2D eigenvalue weighted by molar-refractivity contribution is 0.190. The highest BCUT2D eigenvalue weighted by Gasteiger charge is 2.11. The van der Waals surface area contributed by atoms with Crippen LogP contribution in [0.3, 0.4) is 0 Å². The molecule has 1 heterocycles. The quantitative estimate of drug-likeness (QED) is 0.697. The van der Waals surface area contributed by atoms with Gasteiger partial charge in [-0.3, -0.25) is 4.98 Å². The molecule has 0 radical (unpaired) electrons.